The molecule has 1 unspecified atom stereocenters. The Kier molecular flexibility index (Phi) is 4.45. The molecule has 0 saturated carbocycles. The van der Waals surface area contributed by atoms with Crippen molar-refractivity contribution < 1.29 is 0 Å². The molecular weight excluding hydrogens is 248 g/mol. The lowest BCUT2D eigenvalue weighted by Crippen LogP contribution is -2.47. The highest BCUT2D eigenvalue weighted by atomic mass is 15.3. The van der Waals surface area contributed by atoms with Crippen LogP contribution in [-0.2, 0) is 13.0 Å². The molecular formula is C16H26N4. The van der Waals surface area contributed by atoms with E-state index in [0.717, 1.165) is 25.1 Å². The van der Waals surface area contributed by atoms with Crippen LogP contribution in [0.2, 0.25) is 0 Å². The van der Waals surface area contributed by atoms with Crippen molar-refractivity contribution in [2.24, 2.45) is 11.3 Å². The number of hydrogen-bond acceptors (Lipinski definition) is 3. The van der Waals surface area contributed by atoms with Crippen LogP contribution in [0.4, 0.5) is 0 Å². The molecule has 1 aromatic heterocycles. The maximum atomic E-state index is 5.78. The standard InChI is InChI=1S/C16H26N4/c1-5-16(3,4)15(18-17)11-13-12-9-7-8-10-14(12)20(6-2)19-13/h7-10,15,18H,5-6,11,17H2,1-4H3. The van der Waals surface area contributed by atoms with Crippen molar-refractivity contribution in [3.8, 4) is 0 Å². The Labute approximate surface area is 121 Å². The van der Waals surface area contributed by atoms with E-state index in [-0.39, 0.29) is 11.5 Å². The van der Waals surface area contributed by atoms with Gasteiger partial charge in [-0.3, -0.25) is 16.0 Å². The molecule has 0 aliphatic carbocycles. The number of benzene rings is 1. The van der Waals surface area contributed by atoms with Gasteiger partial charge in [-0.05, 0) is 24.8 Å². The third kappa shape index (κ3) is 2.72. The van der Waals surface area contributed by atoms with Crippen molar-refractivity contribution in [2.75, 3.05) is 0 Å². The van der Waals surface area contributed by atoms with Crippen molar-refractivity contribution >= 4 is 10.9 Å². The lowest BCUT2D eigenvalue weighted by Gasteiger charge is -2.32. The smallest absolute Gasteiger partial charge is 0.0719 e. The average Bonchev–Trinajstić information content (AvgIpc) is 2.82. The normalized spacial score (nSPS) is 13.8. The molecule has 2 aromatic rings. The lowest BCUT2D eigenvalue weighted by atomic mass is 9.80. The van der Waals surface area contributed by atoms with Gasteiger partial charge in [0.25, 0.3) is 0 Å². The Hall–Kier alpha value is -1.39. The molecule has 4 nitrogen and oxygen atoms in total. The summed E-state index contributed by atoms with van der Waals surface area (Å²) < 4.78 is 2.07. The molecule has 0 aliphatic heterocycles. The summed E-state index contributed by atoms with van der Waals surface area (Å²) in [6, 6.07) is 8.63. The van der Waals surface area contributed by atoms with E-state index in [9.17, 15) is 0 Å². The Balaban J connectivity index is 2.38. The number of aryl methyl sites for hydroxylation is 1. The van der Waals surface area contributed by atoms with Gasteiger partial charge in [0.05, 0.1) is 11.2 Å². The maximum Gasteiger partial charge on any atom is 0.0719 e. The Bertz CT molecular complexity index is 571. The molecule has 110 valence electrons. The highest BCUT2D eigenvalue weighted by Crippen LogP contribution is 2.28. The van der Waals surface area contributed by atoms with Crippen molar-refractivity contribution in [1.82, 2.24) is 15.2 Å². The predicted octanol–water partition coefficient (Wildman–Crippen LogP) is 2.87. The van der Waals surface area contributed by atoms with E-state index in [1.807, 2.05) is 0 Å². The molecule has 20 heavy (non-hydrogen) atoms. The first kappa shape index (κ1) is 15.0. The van der Waals surface area contributed by atoms with E-state index in [2.05, 4.69) is 62.1 Å². The zero-order valence-corrected chi connectivity index (χ0v) is 13.0. The zero-order valence-electron chi connectivity index (χ0n) is 13.0. The zero-order chi connectivity index (χ0) is 14.8. The average molecular weight is 274 g/mol. The molecule has 0 fully saturated rings. The van der Waals surface area contributed by atoms with Crippen LogP contribution in [-0.4, -0.2) is 15.8 Å². The van der Waals surface area contributed by atoms with Gasteiger partial charge in [0.1, 0.15) is 0 Å². The van der Waals surface area contributed by atoms with Crippen molar-refractivity contribution in [1.29, 1.82) is 0 Å². The van der Waals surface area contributed by atoms with Crippen LogP contribution >= 0.6 is 0 Å². The van der Waals surface area contributed by atoms with Gasteiger partial charge in [-0.2, -0.15) is 5.10 Å². The maximum absolute atomic E-state index is 5.78. The fourth-order valence-electron chi connectivity index (χ4n) is 2.59. The van der Waals surface area contributed by atoms with Crippen LogP contribution in [0.5, 0.6) is 0 Å². The van der Waals surface area contributed by atoms with Gasteiger partial charge in [0.2, 0.25) is 0 Å². The van der Waals surface area contributed by atoms with Crippen molar-refractivity contribution in [3.05, 3.63) is 30.0 Å². The number of nitrogens with one attached hydrogen (secondary N) is 1. The van der Waals surface area contributed by atoms with E-state index in [1.165, 1.54) is 10.9 Å². The van der Waals surface area contributed by atoms with Crippen LogP contribution in [0.25, 0.3) is 10.9 Å². The second-order valence-corrected chi connectivity index (χ2v) is 6.05. The summed E-state index contributed by atoms with van der Waals surface area (Å²) in [6.45, 7) is 9.70. The molecule has 0 bridgehead atoms. The second kappa shape index (κ2) is 5.94. The highest BCUT2D eigenvalue weighted by Gasteiger charge is 2.28. The summed E-state index contributed by atoms with van der Waals surface area (Å²) in [4.78, 5) is 0. The van der Waals surface area contributed by atoms with Crippen molar-refractivity contribution in [2.45, 2.75) is 53.1 Å². The monoisotopic (exact) mass is 274 g/mol. The van der Waals surface area contributed by atoms with Crippen molar-refractivity contribution in [3.63, 3.8) is 0 Å². The van der Waals surface area contributed by atoms with Crippen LogP contribution in [0.3, 0.4) is 0 Å². The molecule has 0 aliphatic rings. The Morgan fingerprint density at radius 1 is 1.30 bits per heavy atom. The lowest BCUT2D eigenvalue weighted by molar-refractivity contribution is 0.230. The quantitative estimate of drug-likeness (QED) is 0.629. The van der Waals surface area contributed by atoms with Crippen LogP contribution in [0.1, 0.15) is 39.8 Å². The molecule has 0 saturated heterocycles. The number of hydrogen-bond donors (Lipinski definition) is 2. The second-order valence-electron chi connectivity index (χ2n) is 6.05. The first-order chi connectivity index (χ1) is 9.53. The van der Waals surface area contributed by atoms with E-state index >= 15 is 0 Å². The van der Waals surface area contributed by atoms with Gasteiger partial charge >= 0.3 is 0 Å². The first-order valence-electron chi connectivity index (χ1n) is 7.44. The molecule has 0 spiro atoms. The number of rotatable bonds is 6. The summed E-state index contributed by atoms with van der Waals surface area (Å²) in [5.41, 5.74) is 5.46. The number of para-hydroxylation sites is 1. The molecule has 2 rings (SSSR count). The minimum Gasteiger partial charge on any atom is -0.271 e. The SMILES string of the molecule is CCn1nc(CC(NN)C(C)(C)CC)c2ccccc21. The number of hydrazine groups is 1. The van der Waals surface area contributed by atoms with E-state index in [4.69, 9.17) is 10.9 Å². The van der Waals surface area contributed by atoms with Gasteiger partial charge in [-0.15, -0.1) is 0 Å². The number of nitrogens with two attached hydrogens (primary N) is 1. The summed E-state index contributed by atoms with van der Waals surface area (Å²) in [7, 11) is 0. The largest absolute Gasteiger partial charge is 0.271 e. The van der Waals surface area contributed by atoms with E-state index < -0.39 is 0 Å². The Morgan fingerprint density at radius 3 is 2.60 bits per heavy atom. The summed E-state index contributed by atoms with van der Waals surface area (Å²) in [6.07, 6.45) is 1.93. The molecule has 0 amide bonds. The van der Waals surface area contributed by atoms with Gasteiger partial charge < -0.3 is 0 Å². The van der Waals surface area contributed by atoms with Gasteiger partial charge in [-0.1, -0.05) is 39.0 Å². The summed E-state index contributed by atoms with van der Waals surface area (Å²) in [5.74, 6) is 5.78. The third-order valence-electron chi connectivity index (χ3n) is 4.49. The first-order valence-corrected chi connectivity index (χ1v) is 7.44. The summed E-state index contributed by atoms with van der Waals surface area (Å²) >= 11 is 0. The molecule has 3 N–H and O–H groups in total. The fraction of sp³-hybridized carbons (Fsp3) is 0.562. The highest BCUT2D eigenvalue weighted by molar-refractivity contribution is 5.82. The molecule has 0 radical (unpaired) electrons. The van der Waals surface area contributed by atoms with E-state index in [1.54, 1.807) is 0 Å². The summed E-state index contributed by atoms with van der Waals surface area (Å²) in [5, 5.41) is 6.00. The Morgan fingerprint density at radius 2 is 2.00 bits per heavy atom. The predicted molar refractivity (Wildman–Crippen MR) is 84.3 cm³/mol. The van der Waals surface area contributed by atoms with Crippen LogP contribution < -0.4 is 11.3 Å². The van der Waals surface area contributed by atoms with Gasteiger partial charge in [0.15, 0.2) is 0 Å². The van der Waals surface area contributed by atoms with Gasteiger partial charge in [0, 0.05) is 24.4 Å². The van der Waals surface area contributed by atoms with Gasteiger partial charge in [-0.25, -0.2) is 0 Å². The minimum absolute atomic E-state index is 0.145. The third-order valence-corrected chi connectivity index (χ3v) is 4.49. The fourth-order valence-corrected chi connectivity index (χ4v) is 2.59. The minimum atomic E-state index is 0.145. The van der Waals surface area contributed by atoms with Crippen LogP contribution in [0, 0.1) is 5.41 Å². The van der Waals surface area contributed by atoms with Crippen LogP contribution in [0.15, 0.2) is 24.3 Å². The molecule has 1 atom stereocenters. The number of aromatic nitrogens is 2. The number of nitrogens with zero attached hydrogens (tertiary/aromatic N) is 2. The number of fused-ring (bicyclic) bond motifs is 1. The topological polar surface area (TPSA) is 55.9 Å². The molecule has 4 heteroatoms. The van der Waals surface area contributed by atoms with E-state index in [0.29, 0.717) is 0 Å². The molecule has 1 heterocycles. The molecule has 1 aromatic carbocycles.